The zero-order valence-electron chi connectivity index (χ0n) is 10.4. The van der Waals surface area contributed by atoms with Crippen molar-refractivity contribution in [2.45, 2.75) is 13.1 Å². The Labute approximate surface area is 115 Å². The lowest BCUT2D eigenvalue weighted by atomic mass is 10.2. The van der Waals surface area contributed by atoms with Gasteiger partial charge in [0.1, 0.15) is 11.6 Å². The summed E-state index contributed by atoms with van der Waals surface area (Å²) in [6.07, 6.45) is 0. The second kappa shape index (κ2) is 6.65. The first-order valence-corrected chi connectivity index (χ1v) is 6.90. The molecular weight excluding hydrogens is 265 g/mol. The van der Waals surface area contributed by atoms with E-state index in [4.69, 9.17) is 5.11 Å². The molecule has 3 nitrogen and oxygen atoms in total. The van der Waals surface area contributed by atoms with Gasteiger partial charge >= 0.3 is 0 Å². The summed E-state index contributed by atoms with van der Waals surface area (Å²) in [4.78, 5) is 3.14. The first kappa shape index (κ1) is 14.0. The summed E-state index contributed by atoms with van der Waals surface area (Å²) >= 11 is 1.64. The molecule has 0 saturated heterocycles. The van der Waals surface area contributed by atoms with E-state index in [0.717, 1.165) is 0 Å². The highest BCUT2D eigenvalue weighted by atomic mass is 32.1. The van der Waals surface area contributed by atoms with Crippen molar-refractivity contribution < 1.29 is 14.6 Å². The van der Waals surface area contributed by atoms with Crippen molar-refractivity contribution in [3.05, 3.63) is 52.0 Å². The molecule has 0 fully saturated rings. The van der Waals surface area contributed by atoms with E-state index in [1.165, 1.54) is 23.1 Å². The summed E-state index contributed by atoms with van der Waals surface area (Å²) in [5, 5.41) is 20.8. The van der Waals surface area contributed by atoms with Gasteiger partial charge in [0.2, 0.25) is 0 Å². The summed E-state index contributed by atoms with van der Waals surface area (Å²) in [5.74, 6) is -0.289. The van der Waals surface area contributed by atoms with Crippen LogP contribution in [0.4, 0.5) is 4.39 Å². The van der Waals surface area contributed by atoms with Crippen molar-refractivity contribution in [2.24, 2.45) is 0 Å². The minimum Gasteiger partial charge on any atom is -0.508 e. The van der Waals surface area contributed by atoms with Crippen LogP contribution in [0.2, 0.25) is 0 Å². The molecule has 0 atom stereocenters. The Bertz CT molecular complexity index is 516. The Morgan fingerprint density at radius 2 is 2.05 bits per heavy atom. The van der Waals surface area contributed by atoms with Gasteiger partial charge in [0.25, 0.3) is 0 Å². The summed E-state index contributed by atoms with van der Waals surface area (Å²) in [7, 11) is 0. The van der Waals surface area contributed by atoms with Crippen LogP contribution >= 0.6 is 11.3 Å². The molecule has 102 valence electrons. The second-order valence-electron chi connectivity index (χ2n) is 4.29. The van der Waals surface area contributed by atoms with Crippen LogP contribution in [0.3, 0.4) is 0 Å². The summed E-state index contributed by atoms with van der Waals surface area (Å²) < 4.78 is 13.2. The molecule has 2 aromatic rings. The predicted molar refractivity (Wildman–Crippen MR) is 73.6 cm³/mol. The van der Waals surface area contributed by atoms with Gasteiger partial charge < -0.3 is 10.2 Å². The number of phenolic OH excluding ortho intramolecular Hbond substituents is 1. The molecule has 0 radical (unpaired) electrons. The molecule has 1 aromatic carbocycles. The maximum Gasteiger partial charge on any atom is 0.123 e. The molecule has 1 aromatic heterocycles. The number of phenols is 1. The number of halogens is 1. The van der Waals surface area contributed by atoms with E-state index in [-0.39, 0.29) is 18.2 Å². The number of aliphatic hydroxyl groups is 1. The van der Waals surface area contributed by atoms with Crippen LogP contribution in [-0.2, 0) is 13.1 Å². The Kier molecular flexibility index (Phi) is 4.90. The van der Waals surface area contributed by atoms with E-state index in [2.05, 4.69) is 0 Å². The number of thiophene rings is 1. The van der Waals surface area contributed by atoms with Crippen LogP contribution in [0.25, 0.3) is 0 Å². The Balaban J connectivity index is 2.09. The van der Waals surface area contributed by atoms with Gasteiger partial charge in [-0.2, -0.15) is 0 Å². The molecule has 0 bridgehead atoms. The molecule has 0 aliphatic rings. The smallest absolute Gasteiger partial charge is 0.123 e. The third-order valence-electron chi connectivity index (χ3n) is 2.81. The van der Waals surface area contributed by atoms with Gasteiger partial charge in [0, 0.05) is 30.1 Å². The SMILES string of the molecule is OCCN(Cc1cccs1)Cc1cc(F)ccc1O. The van der Waals surface area contributed by atoms with E-state index in [1.807, 2.05) is 22.4 Å². The highest BCUT2D eigenvalue weighted by Gasteiger charge is 2.11. The summed E-state index contributed by atoms with van der Waals surface area (Å²) in [6, 6.07) is 7.90. The summed E-state index contributed by atoms with van der Waals surface area (Å²) in [5.41, 5.74) is 0.532. The first-order chi connectivity index (χ1) is 9.19. The van der Waals surface area contributed by atoms with E-state index in [0.29, 0.717) is 25.2 Å². The predicted octanol–water partition coefficient (Wildman–Crippen LogP) is 2.59. The van der Waals surface area contributed by atoms with Crippen molar-refractivity contribution in [3.8, 4) is 5.75 Å². The van der Waals surface area contributed by atoms with E-state index in [1.54, 1.807) is 11.3 Å². The molecule has 0 spiro atoms. The standard InChI is InChI=1S/C14H16FNO2S/c15-12-3-4-14(18)11(8-12)9-16(5-6-17)10-13-2-1-7-19-13/h1-4,7-8,17-18H,5-6,9-10H2. The quantitative estimate of drug-likeness (QED) is 0.855. The van der Waals surface area contributed by atoms with E-state index >= 15 is 0 Å². The monoisotopic (exact) mass is 281 g/mol. The average Bonchev–Trinajstić information content (AvgIpc) is 2.87. The van der Waals surface area contributed by atoms with Crippen LogP contribution in [0.15, 0.2) is 35.7 Å². The number of benzene rings is 1. The molecule has 0 saturated carbocycles. The third-order valence-corrected chi connectivity index (χ3v) is 3.67. The number of nitrogens with zero attached hydrogens (tertiary/aromatic N) is 1. The van der Waals surface area contributed by atoms with Gasteiger partial charge in [-0.15, -0.1) is 11.3 Å². The molecule has 0 aliphatic carbocycles. The molecule has 19 heavy (non-hydrogen) atoms. The molecule has 0 amide bonds. The fraction of sp³-hybridized carbons (Fsp3) is 0.286. The molecule has 5 heteroatoms. The molecular formula is C14H16FNO2S. The molecule has 1 heterocycles. The fourth-order valence-corrected chi connectivity index (χ4v) is 2.65. The summed E-state index contributed by atoms with van der Waals surface area (Å²) in [6.45, 7) is 1.59. The fourth-order valence-electron chi connectivity index (χ4n) is 1.90. The van der Waals surface area contributed by atoms with Crippen molar-refractivity contribution in [2.75, 3.05) is 13.2 Å². The van der Waals surface area contributed by atoms with Gasteiger partial charge in [-0.25, -0.2) is 4.39 Å². The van der Waals surface area contributed by atoms with Gasteiger partial charge in [0.15, 0.2) is 0 Å². The highest BCUT2D eigenvalue weighted by Crippen LogP contribution is 2.21. The Morgan fingerprint density at radius 3 is 2.74 bits per heavy atom. The minimum atomic E-state index is -0.368. The molecule has 2 rings (SSSR count). The van der Waals surface area contributed by atoms with Crippen molar-refractivity contribution >= 4 is 11.3 Å². The highest BCUT2D eigenvalue weighted by molar-refractivity contribution is 7.09. The average molecular weight is 281 g/mol. The van der Waals surface area contributed by atoms with Gasteiger partial charge in [0.05, 0.1) is 6.61 Å². The van der Waals surface area contributed by atoms with Crippen LogP contribution in [-0.4, -0.2) is 28.3 Å². The molecule has 0 aliphatic heterocycles. The first-order valence-electron chi connectivity index (χ1n) is 6.02. The van der Waals surface area contributed by atoms with Crippen molar-refractivity contribution in [1.82, 2.24) is 4.90 Å². The van der Waals surface area contributed by atoms with E-state index < -0.39 is 0 Å². The number of aliphatic hydroxyl groups excluding tert-OH is 1. The second-order valence-corrected chi connectivity index (χ2v) is 5.32. The zero-order chi connectivity index (χ0) is 13.7. The van der Waals surface area contributed by atoms with Crippen LogP contribution < -0.4 is 0 Å². The minimum absolute atomic E-state index is 0.0292. The van der Waals surface area contributed by atoms with Crippen molar-refractivity contribution in [1.29, 1.82) is 0 Å². The number of hydrogen-bond acceptors (Lipinski definition) is 4. The van der Waals surface area contributed by atoms with E-state index in [9.17, 15) is 9.50 Å². The lowest BCUT2D eigenvalue weighted by Gasteiger charge is -2.21. The number of aromatic hydroxyl groups is 1. The lowest BCUT2D eigenvalue weighted by molar-refractivity contribution is 0.184. The number of hydrogen-bond donors (Lipinski definition) is 2. The van der Waals surface area contributed by atoms with Crippen LogP contribution in [0.5, 0.6) is 5.75 Å². The topological polar surface area (TPSA) is 43.7 Å². The largest absolute Gasteiger partial charge is 0.508 e. The third kappa shape index (κ3) is 4.02. The maximum absolute atomic E-state index is 13.2. The van der Waals surface area contributed by atoms with Gasteiger partial charge in [-0.1, -0.05) is 6.07 Å². The maximum atomic E-state index is 13.2. The zero-order valence-corrected chi connectivity index (χ0v) is 11.2. The Morgan fingerprint density at radius 1 is 1.21 bits per heavy atom. The van der Waals surface area contributed by atoms with Gasteiger partial charge in [-0.05, 0) is 29.6 Å². The Hall–Kier alpha value is -1.43. The molecule has 0 unspecified atom stereocenters. The van der Waals surface area contributed by atoms with Crippen LogP contribution in [0, 0.1) is 5.82 Å². The van der Waals surface area contributed by atoms with Gasteiger partial charge in [-0.3, -0.25) is 4.90 Å². The van der Waals surface area contributed by atoms with Crippen LogP contribution in [0.1, 0.15) is 10.4 Å². The lowest BCUT2D eigenvalue weighted by Crippen LogP contribution is -2.25. The normalized spacial score (nSPS) is 11.1. The number of rotatable bonds is 6. The molecule has 2 N–H and O–H groups in total. The van der Waals surface area contributed by atoms with Crippen molar-refractivity contribution in [3.63, 3.8) is 0 Å².